The average molecular weight is 274 g/mol. The minimum Gasteiger partial charge on any atom is -0.263 e. The lowest BCUT2D eigenvalue weighted by Crippen LogP contribution is -2.09. The highest BCUT2D eigenvalue weighted by atomic mass is 79.9. The number of hydrogen-bond acceptors (Lipinski definition) is 1. The second-order valence-corrected chi connectivity index (χ2v) is 3.25. The van der Waals surface area contributed by atoms with E-state index in [0.29, 0.717) is 0 Å². The molecule has 0 N–H and O–H groups in total. The van der Waals surface area contributed by atoms with Gasteiger partial charge in [-0.15, -0.1) is 0 Å². The van der Waals surface area contributed by atoms with Gasteiger partial charge in [-0.3, -0.25) is 4.98 Å². The summed E-state index contributed by atoms with van der Waals surface area (Å²) in [4.78, 5) is 3.57. The van der Waals surface area contributed by atoms with Crippen LogP contribution in [0.1, 0.15) is 11.1 Å². The van der Waals surface area contributed by atoms with Gasteiger partial charge in [0.05, 0.1) is 10.6 Å². The highest BCUT2D eigenvalue weighted by molar-refractivity contribution is 9.08. The minimum atomic E-state index is -4.43. The monoisotopic (exact) mass is 273 g/mol. The van der Waals surface area contributed by atoms with Crippen LogP contribution in [0.25, 0.3) is 0 Å². The van der Waals surface area contributed by atoms with Crippen LogP contribution in [0.5, 0.6) is 0 Å². The Morgan fingerprint density at radius 3 is 2.38 bits per heavy atom. The summed E-state index contributed by atoms with van der Waals surface area (Å²) in [6.07, 6.45) is -2.30. The van der Waals surface area contributed by atoms with Crippen molar-refractivity contribution in [3.05, 3.63) is 28.5 Å². The first kappa shape index (κ1) is 10.8. The Morgan fingerprint density at radius 2 is 2.00 bits per heavy atom. The lowest BCUT2D eigenvalue weighted by atomic mass is 10.1. The third-order valence-electron chi connectivity index (χ3n) is 1.41. The molecule has 0 aliphatic rings. The fraction of sp³-hybridized carbons (Fsp3) is 0.286. The maximum atomic E-state index is 12.4. The van der Waals surface area contributed by atoms with Crippen molar-refractivity contribution in [3.63, 3.8) is 0 Å². The predicted molar refractivity (Wildman–Crippen MR) is 46.9 cm³/mol. The van der Waals surface area contributed by atoms with Gasteiger partial charge in [0.1, 0.15) is 0 Å². The molecule has 0 spiro atoms. The smallest absolute Gasteiger partial charge is 0.263 e. The highest BCUT2D eigenvalue weighted by Crippen LogP contribution is 2.37. The summed E-state index contributed by atoms with van der Waals surface area (Å²) >= 11 is 8.33. The van der Waals surface area contributed by atoms with Crippen LogP contribution in [-0.2, 0) is 11.5 Å². The summed E-state index contributed by atoms with van der Waals surface area (Å²) < 4.78 is 37.1. The van der Waals surface area contributed by atoms with Crippen LogP contribution in [0.4, 0.5) is 13.2 Å². The number of aromatic nitrogens is 1. The number of rotatable bonds is 1. The molecular weight excluding hydrogens is 270 g/mol. The van der Waals surface area contributed by atoms with Crippen molar-refractivity contribution >= 4 is 27.5 Å². The molecule has 0 aliphatic carbocycles. The standard InChI is InChI=1S/C7H4BrClF3N/c8-1-4-2-13-3-5(9)6(4)7(10,11)12/h2-3H,1H2. The molecule has 0 amide bonds. The summed E-state index contributed by atoms with van der Waals surface area (Å²) in [5.74, 6) is 0. The Balaban J connectivity index is 3.32. The molecule has 1 nitrogen and oxygen atoms in total. The van der Waals surface area contributed by atoms with E-state index >= 15 is 0 Å². The predicted octanol–water partition coefficient (Wildman–Crippen LogP) is 3.65. The zero-order chi connectivity index (χ0) is 10.1. The molecule has 1 aromatic rings. The van der Waals surface area contributed by atoms with E-state index in [1.165, 1.54) is 0 Å². The Hall–Kier alpha value is -0.290. The maximum Gasteiger partial charge on any atom is 0.418 e. The molecule has 0 saturated carbocycles. The SMILES string of the molecule is FC(F)(F)c1c(Cl)cncc1CBr. The van der Waals surface area contributed by atoms with Gasteiger partial charge in [-0.05, 0) is 5.56 Å². The van der Waals surface area contributed by atoms with E-state index in [1.54, 1.807) is 0 Å². The minimum absolute atomic E-state index is 0.0417. The van der Waals surface area contributed by atoms with E-state index in [-0.39, 0.29) is 15.9 Å². The number of nitrogens with zero attached hydrogens (tertiary/aromatic N) is 1. The normalized spacial score (nSPS) is 11.8. The molecule has 0 aliphatic heterocycles. The topological polar surface area (TPSA) is 12.9 Å². The molecule has 0 atom stereocenters. The van der Waals surface area contributed by atoms with E-state index in [1.807, 2.05) is 0 Å². The van der Waals surface area contributed by atoms with Gasteiger partial charge in [0, 0.05) is 17.7 Å². The molecule has 1 heterocycles. The molecule has 0 saturated heterocycles. The van der Waals surface area contributed by atoms with Crippen LogP contribution in [-0.4, -0.2) is 4.98 Å². The van der Waals surface area contributed by atoms with Crippen LogP contribution in [0.2, 0.25) is 5.02 Å². The van der Waals surface area contributed by atoms with Gasteiger partial charge in [-0.1, -0.05) is 27.5 Å². The number of halogens is 5. The number of pyridine rings is 1. The van der Waals surface area contributed by atoms with Crippen molar-refractivity contribution in [2.75, 3.05) is 0 Å². The van der Waals surface area contributed by atoms with Gasteiger partial charge >= 0.3 is 6.18 Å². The second-order valence-electron chi connectivity index (χ2n) is 2.29. The summed E-state index contributed by atoms with van der Waals surface area (Å²) in [5, 5.41) is -0.292. The largest absolute Gasteiger partial charge is 0.418 e. The summed E-state index contributed by atoms with van der Waals surface area (Å²) in [7, 11) is 0. The summed E-state index contributed by atoms with van der Waals surface area (Å²) in [5.41, 5.74) is -0.777. The maximum absolute atomic E-state index is 12.4. The van der Waals surface area contributed by atoms with Crippen LogP contribution in [0.3, 0.4) is 0 Å². The fourth-order valence-corrected chi connectivity index (χ4v) is 1.60. The van der Waals surface area contributed by atoms with E-state index in [0.717, 1.165) is 12.4 Å². The van der Waals surface area contributed by atoms with Gasteiger partial charge in [0.2, 0.25) is 0 Å². The molecule has 0 bridgehead atoms. The highest BCUT2D eigenvalue weighted by Gasteiger charge is 2.35. The fourth-order valence-electron chi connectivity index (χ4n) is 0.894. The Bertz CT molecular complexity index is 313. The van der Waals surface area contributed by atoms with Crippen LogP contribution in [0.15, 0.2) is 12.4 Å². The second kappa shape index (κ2) is 3.84. The van der Waals surface area contributed by atoms with Crippen LogP contribution >= 0.6 is 27.5 Å². The van der Waals surface area contributed by atoms with Gasteiger partial charge in [-0.25, -0.2) is 0 Å². The molecule has 1 rings (SSSR count). The summed E-state index contributed by atoms with van der Waals surface area (Å²) in [6, 6.07) is 0. The van der Waals surface area contributed by atoms with Crippen molar-refractivity contribution in [2.24, 2.45) is 0 Å². The van der Waals surface area contributed by atoms with Crippen molar-refractivity contribution in [1.29, 1.82) is 0 Å². The molecule has 13 heavy (non-hydrogen) atoms. The molecular formula is C7H4BrClF3N. The third-order valence-corrected chi connectivity index (χ3v) is 2.30. The van der Waals surface area contributed by atoms with Gasteiger partial charge < -0.3 is 0 Å². The molecule has 0 aromatic carbocycles. The molecule has 6 heteroatoms. The van der Waals surface area contributed by atoms with Crippen LogP contribution in [0, 0.1) is 0 Å². The molecule has 72 valence electrons. The van der Waals surface area contributed by atoms with Gasteiger partial charge in [0.25, 0.3) is 0 Å². The van der Waals surface area contributed by atoms with Crippen molar-refractivity contribution in [2.45, 2.75) is 11.5 Å². The van der Waals surface area contributed by atoms with E-state index < -0.39 is 11.7 Å². The lowest BCUT2D eigenvalue weighted by Gasteiger charge is -2.11. The number of hydrogen-bond donors (Lipinski definition) is 0. The van der Waals surface area contributed by atoms with Gasteiger partial charge in [-0.2, -0.15) is 13.2 Å². The molecule has 1 aromatic heterocycles. The average Bonchev–Trinajstić information content (AvgIpc) is 2.01. The van der Waals surface area contributed by atoms with E-state index in [4.69, 9.17) is 11.6 Å². The third kappa shape index (κ3) is 2.34. The summed E-state index contributed by atoms with van der Waals surface area (Å²) in [6.45, 7) is 0. The Kier molecular flexibility index (Phi) is 3.18. The number of alkyl halides is 4. The van der Waals surface area contributed by atoms with E-state index in [9.17, 15) is 13.2 Å². The van der Waals surface area contributed by atoms with E-state index in [2.05, 4.69) is 20.9 Å². The first-order valence-corrected chi connectivity index (χ1v) is 4.72. The zero-order valence-electron chi connectivity index (χ0n) is 6.20. The van der Waals surface area contributed by atoms with Crippen molar-refractivity contribution in [3.8, 4) is 0 Å². The van der Waals surface area contributed by atoms with Crippen molar-refractivity contribution in [1.82, 2.24) is 4.98 Å². The quantitative estimate of drug-likeness (QED) is 0.712. The van der Waals surface area contributed by atoms with Crippen molar-refractivity contribution < 1.29 is 13.2 Å². The molecule has 0 unspecified atom stereocenters. The molecule has 0 radical (unpaired) electrons. The van der Waals surface area contributed by atoms with Crippen LogP contribution < -0.4 is 0 Å². The molecule has 0 fully saturated rings. The Labute approximate surface area is 86.0 Å². The zero-order valence-corrected chi connectivity index (χ0v) is 8.54. The first-order valence-electron chi connectivity index (χ1n) is 3.22. The Morgan fingerprint density at radius 1 is 1.38 bits per heavy atom. The lowest BCUT2D eigenvalue weighted by molar-refractivity contribution is -0.138. The van der Waals surface area contributed by atoms with Gasteiger partial charge in [0.15, 0.2) is 0 Å². The first-order chi connectivity index (χ1) is 5.96.